The number of benzene rings is 1. The average molecular weight is 292 g/mol. The van der Waals surface area contributed by atoms with Gasteiger partial charge in [0, 0.05) is 30.8 Å². The molecule has 0 aliphatic carbocycles. The van der Waals surface area contributed by atoms with Crippen molar-refractivity contribution in [1.29, 1.82) is 0 Å². The molecule has 0 aliphatic rings. The van der Waals surface area contributed by atoms with Gasteiger partial charge in [0.05, 0.1) is 11.3 Å². The highest BCUT2D eigenvalue weighted by Gasteiger charge is 2.14. The molecule has 1 aromatic heterocycles. The van der Waals surface area contributed by atoms with Crippen LogP contribution in [-0.4, -0.2) is 30.0 Å². The van der Waals surface area contributed by atoms with E-state index in [1.54, 1.807) is 18.3 Å². The maximum Gasteiger partial charge on any atom is 0.175 e. The first kappa shape index (κ1) is 14.5. The highest BCUT2D eigenvalue weighted by Crippen LogP contribution is 2.13. The summed E-state index contributed by atoms with van der Waals surface area (Å²) in [6.45, 7) is 2.71. The van der Waals surface area contributed by atoms with Gasteiger partial charge < -0.3 is 4.57 Å². The number of aryl methyl sites for hydroxylation is 1. The first-order valence-electron chi connectivity index (χ1n) is 6.25. The minimum Gasteiger partial charge on any atom is -0.335 e. The van der Waals surface area contributed by atoms with E-state index in [1.807, 2.05) is 17.7 Å². The van der Waals surface area contributed by atoms with Gasteiger partial charge >= 0.3 is 0 Å². The summed E-state index contributed by atoms with van der Waals surface area (Å²) < 4.78 is 24.9. The van der Waals surface area contributed by atoms with E-state index >= 15 is 0 Å². The Morgan fingerprint density at radius 1 is 1.35 bits per heavy atom. The van der Waals surface area contributed by atoms with Crippen LogP contribution in [0.2, 0.25) is 0 Å². The zero-order valence-electron chi connectivity index (χ0n) is 11.4. The van der Waals surface area contributed by atoms with Gasteiger partial charge in [-0.15, -0.1) is 0 Å². The van der Waals surface area contributed by atoms with Crippen molar-refractivity contribution in [2.45, 2.75) is 24.8 Å². The van der Waals surface area contributed by atoms with E-state index in [4.69, 9.17) is 0 Å². The summed E-state index contributed by atoms with van der Waals surface area (Å²) >= 11 is 0. The van der Waals surface area contributed by atoms with Gasteiger partial charge in [-0.2, -0.15) is 0 Å². The molecular formula is C14H16N2O3S. The van der Waals surface area contributed by atoms with Crippen molar-refractivity contribution >= 4 is 15.6 Å². The molecule has 20 heavy (non-hydrogen) atoms. The molecule has 0 fully saturated rings. The van der Waals surface area contributed by atoms with Crippen molar-refractivity contribution in [2.75, 3.05) is 6.26 Å². The van der Waals surface area contributed by atoms with Crippen LogP contribution in [0.3, 0.4) is 0 Å². The first-order valence-corrected chi connectivity index (χ1v) is 8.14. The molecule has 0 saturated carbocycles. The summed E-state index contributed by atoms with van der Waals surface area (Å²) in [4.78, 5) is 16.5. The van der Waals surface area contributed by atoms with E-state index < -0.39 is 9.84 Å². The van der Waals surface area contributed by atoms with E-state index in [2.05, 4.69) is 4.98 Å². The van der Waals surface area contributed by atoms with Crippen LogP contribution >= 0.6 is 0 Å². The number of aromatic nitrogens is 2. The fourth-order valence-electron chi connectivity index (χ4n) is 1.94. The van der Waals surface area contributed by atoms with Gasteiger partial charge in [0.15, 0.2) is 15.6 Å². The van der Waals surface area contributed by atoms with Crippen molar-refractivity contribution in [3.05, 3.63) is 48.0 Å². The summed E-state index contributed by atoms with van der Waals surface area (Å²) in [5.41, 5.74) is 0.388. The van der Waals surface area contributed by atoms with Crippen LogP contribution in [0.25, 0.3) is 0 Å². The fraction of sp³-hybridized carbons (Fsp3) is 0.286. The summed E-state index contributed by atoms with van der Waals surface area (Å²) in [7, 11) is -3.31. The Morgan fingerprint density at radius 2 is 2.10 bits per heavy atom. The molecule has 5 nitrogen and oxygen atoms in total. The molecule has 0 N–H and O–H groups in total. The van der Waals surface area contributed by atoms with Crippen LogP contribution in [0.1, 0.15) is 23.1 Å². The van der Waals surface area contributed by atoms with E-state index in [9.17, 15) is 13.2 Å². The second-order valence-corrected chi connectivity index (χ2v) is 6.55. The zero-order valence-corrected chi connectivity index (χ0v) is 12.2. The molecular weight excluding hydrogens is 276 g/mol. The Hall–Kier alpha value is -1.95. The Labute approximate surface area is 118 Å². The molecule has 0 spiro atoms. The summed E-state index contributed by atoms with van der Waals surface area (Å²) in [6.07, 6.45) is 4.75. The third-order valence-electron chi connectivity index (χ3n) is 3.05. The smallest absolute Gasteiger partial charge is 0.175 e. The standard InChI is InChI=1S/C14H16N2O3S/c1-3-16-8-7-15-14(16)10-13(17)11-5-4-6-12(9-11)20(2,18)19/h4-9H,3,10H2,1-2H3. The molecule has 106 valence electrons. The van der Waals surface area contributed by atoms with Crippen molar-refractivity contribution in [1.82, 2.24) is 9.55 Å². The van der Waals surface area contributed by atoms with Crippen molar-refractivity contribution in [2.24, 2.45) is 0 Å². The number of sulfone groups is 1. The third-order valence-corrected chi connectivity index (χ3v) is 4.16. The monoisotopic (exact) mass is 292 g/mol. The van der Waals surface area contributed by atoms with Crippen LogP contribution in [-0.2, 0) is 22.8 Å². The fourth-order valence-corrected chi connectivity index (χ4v) is 2.61. The normalized spacial score (nSPS) is 11.5. The van der Waals surface area contributed by atoms with Gasteiger partial charge in [0.1, 0.15) is 5.82 Å². The molecule has 0 saturated heterocycles. The van der Waals surface area contributed by atoms with Crippen LogP contribution in [0.5, 0.6) is 0 Å². The number of carbonyl (C=O) groups excluding carboxylic acids is 1. The van der Waals surface area contributed by atoms with E-state index in [0.29, 0.717) is 11.4 Å². The number of imidazole rings is 1. The van der Waals surface area contributed by atoms with Gasteiger partial charge in [-0.3, -0.25) is 4.79 Å². The predicted molar refractivity (Wildman–Crippen MR) is 75.5 cm³/mol. The molecule has 1 aromatic carbocycles. The number of hydrogen-bond acceptors (Lipinski definition) is 4. The van der Waals surface area contributed by atoms with Crippen molar-refractivity contribution < 1.29 is 13.2 Å². The lowest BCUT2D eigenvalue weighted by molar-refractivity contribution is 0.0989. The molecule has 1 heterocycles. The molecule has 0 unspecified atom stereocenters. The minimum absolute atomic E-state index is 0.142. The second kappa shape index (κ2) is 5.58. The lowest BCUT2D eigenvalue weighted by Crippen LogP contribution is -2.10. The Balaban J connectivity index is 2.26. The maximum absolute atomic E-state index is 12.2. The van der Waals surface area contributed by atoms with Crippen LogP contribution in [0.15, 0.2) is 41.6 Å². The average Bonchev–Trinajstić information content (AvgIpc) is 2.85. The largest absolute Gasteiger partial charge is 0.335 e. The molecule has 0 amide bonds. The van der Waals surface area contributed by atoms with E-state index in [0.717, 1.165) is 12.8 Å². The van der Waals surface area contributed by atoms with Gasteiger partial charge in [0.2, 0.25) is 0 Å². The van der Waals surface area contributed by atoms with E-state index in [1.165, 1.54) is 12.1 Å². The van der Waals surface area contributed by atoms with Gasteiger partial charge in [-0.1, -0.05) is 12.1 Å². The van der Waals surface area contributed by atoms with Crippen LogP contribution in [0, 0.1) is 0 Å². The predicted octanol–water partition coefficient (Wildman–Crippen LogP) is 1.73. The van der Waals surface area contributed by atoms with Gasteiger partial charge in [0.25, 0.3) is 0 Å². The second-order valence-electron chi connectivity index (χ2n) is 4.53. The summed E-state index contributed by atoms with van der Waals surface area (Å²) in [5, 5.41) is 0. The first-order chi connectivity index (χ1) is 9.41. The lowest BCUT2D eigenvalue weighted by atomic mass is 10.1. The Morgan fingerprint density at radius 3 is 2.75 bits per heavy atom. The zero-order chi connectivity index (χ0) is 14.8. The van der Waals surface area contributed by atoms with Crippen LogP contribution < -0.4 is 0 Å². The summed E-state index contributed by atoms with van der Waals surface area (Å²) in [6, 6.07) is 6.10. The highest BCUT2D eigenvalue weighted by molar-refractivity contribution is 7.90. The number of ketones is 1. The molecule has 0 radical (unpaired) electrons. The Kier molecular flexibility index (Phi) is 4.04. The molecule has 0 atom stereocenters. The SMILES string of the molecule is CCn1ccnc1CC(=O)c1cccc(S(C)(=O)=O)c1. The quantitative estimate of drug-likeness (QED) is 0.787. The minimum atomic E-state index is -3.31. The third kappa shape index (κ3) is 3.14. The highest BCUT2D eigenvalue weighted by atomic mass is 32.2. The molecule has 6 heteroatoms. The number of hydrogen-bond donors (Lipinski definition) is 0. The molecule has 2 rings (SSSR count). The molecule has 0 bridgehead atoms. The van der Waals surface area contributed by atoms with Crippen LogP contribution in [0.4, 0.5) is 0 Å². The van der Waals surface area contributed by atoms with Crippen molar-refractivity contribution in [3.8, 4) is 0 Å². The topological polar surface area (TPSA) is 69.0 Å². The number of rotatable bonds is 5. The molecule has 0 aliphatic heterocycles. The van der Waals surface area contributed by atoms with Gasteiger partial charge in [-0.25, -0.2) is 13.4 Å². The number of nitrogens with zero attached hydrogens (tertiary/aromatic N) is 2. The van der Waals surface area contributed by atoms with Crippen molar-refractivity contribution in [3.63, 3.8) is 0 Å². The maximum atomic E-state index is 12.2. The van der Waals surface area contributed by atoms with Gasteiger partial charge in [-0.05, 0) is 19.1 Å². The van der Waals surface area contributed by atoms with E-state index in [-0.39, 0.29) is 17.1 Å². The summed E-state index contributed by atoms with van der Waals surface area (Å²) in [5.74, 6) is 0.540. The molecule has 2 aromatic rings. The lowest BCUT2D eigenvalue weighted by Gasteiger charge is -2.05. The number of carbonyl (C=O) groups is 1. The Bertz CT molecular complexity index is 732. The number of Topliss-reactive ketones (excluding diaryl/α,β-unsaturated/α-hetero) is 1.